The number of benzene rings is 3. The normalized spacial score (nSPS) is 13.7. The highest BCUT2D eigenvalue weighted by atomic mass is 32.2. The molecular weight excluding hydrogens is 510 g/mol. The number of amides is 2. The van der Waals surface area contributed by atoms with Gasteiger partial charge in [-0.1, -0.05) is 31.5 Å². The van der Waals surface area contributed by atoms with Crippen molar-refractivity contribution >= 4 is 44.5 Å². The molecule has 0 N–H and O–H groups in total. The quantitative estimate of drug-likeness (QED) is 0.178. The molecule has 0 aromatic heterocycles. The van der Waals surface area contributed by atoms with E-state index in [4.69, 9.17) is 0 Å². The standard InChI is InChI=1S/C23H17F4NO5S2/c1-3-4-6-11-9-12-7-5-8-13-15(12)14(10-11)23(30)28(22(13)29)33-35(31,32)21-18(26)16(24)20(34-2)17(25)19(21)27/h5,7-10H,3-4,6H2,1-2H3. The number of hydrogen-bond donors (Lipinski definition) is 0. The average Bonchev–Trinajstić information content (AvgIpc) is 2.82. The Morgan fingerprint density at radius 1 is 0.943 bits per heavy atom. The number of carbonyl (C=O) groups excluding carboxylic acids is 2. The maximum atomic E-state index is 14.5. The number of carbonyl (C=O) groups is 2. The maximum absolute atomic E-state index is 14.5. The van der Waals surface area contributed by atoms with Crippen LogP contribution < -0.4 is 0 Å². The molecule has 0 fully saturated rings. The molecule has 0 atom stereocenters. The maximum Gasteiger partial charge on any atom is 0.324 e. The number of rotatable bonds is 7. The van der Waals surface area contributed by atoms with Gasteiger partial charge in [-0.15, -0.1) is 21.1 Å². The number of aryl methyl sites for hydroxylation is 1. The number of hydroxylamine groups is 2. The second kappa shape index (κ2) is 9.25. The van der Waals surface area contributed by atoms with Gasteiger partial charge < -0.3 is 0 Å². The summed E-state index contributed by atoms with van der Waals surface area (Å²) in [7, 11) is -5.71. The number of halogens is 4. The minimum Gasteiger partial charge on any atom is -0.266 e. The zero-order valence-electron chi connectivity index (χ0n) is 18.3. The van der Waals surface area contributed by atoms with Crippen molar-refractivity contribution in [1.82, 2.24) is 5.06 Å². The van der Waals surface area contributed by atoms with E-state index in [-0.39, 0.29) is 21.6 Å². The van der Waals surface area contributed by atoms with E-state index in [2.05, 4.69) is 4.28 Å². The summed E-state index contributed by atoms with van der Waals surface area (Å²) in [5, 5.41) is 0.649. The molecule has 3 aromatic carbocycles. The molecule has 35 heavy (non-hydrogen) atoms. The first-order valence-electron chi connectivity index (χ1n) is 10.3. The van der Waals surface area contributed by atoms with E-state index in [0.717, 1.165) is 24.7 Å². The molecule has 0 bridgehead atoms. The van der Waals surface area contributed by atoms with Crippen molar-refractivity contribution in [3.05, 3.63) is 70.3 Å². The minimum absolute atomic E-state index is 0.0601. The van der Waals surface area contributed by atoms with Gasteiger partial charge in [0.05, 0.1) is 16.0 Å². The van der Waals surface area contributed by atoms with Crippen molar-refractivity contribution in [3.63, 3.8) is 0 Å². The lowest BCUT2D eigenvalue weighted by molar-refractivity contribution is -0.0159. The predicted molar refractivity (Wildman–Crippen MR) is 119 cm³/mol. The second-order valence-electron chi connectivity index (χ2n) is 7.70. The molecule has 0 radical (unpaired) electrons. The molecule has 1 heterocycles. The second-order valence-corrected chi connectivity index (χ2v) is 9.98. The van der Waals surface area contributed by atoms with Crippen LogP contribution in [0.25, 0.3) is 10.8 Å². The van der Waals surface area contributed by atoms with Crippen molar-refractivity contribution in [2.24, 2.45) is 0 Å². The Hall–Kier alpha value is -2.96. The van der Waals surface area contributed by atoms with Crippen LogP contribution in [0.2, 0.25) is 0 Å². The number of nitrogens with zero attached hydrogens (tertiary/aromatic N) is 1. The highest BCUT2D eigenvalue weighted by Gasteiger charge is 2.41. The molecule has 12 heteroatoms. The Bertz CT molecular complexity index is 1480. The fourth-order valence-corrected chi connectivity index (χ4v) is 5.43. The lowest BCUT2D eigenvalue weighted by atomic mass is 9.92. The summed E-state index contributed by atoms with van der Waals surface area (Å²) >= 11 is 0.318. The summed E-state index contributed by atoms with van der Waals surface area (Å²) in [6, 6.07) is 7.79. The van der Waals surface area contributed by atoms with Crippen LogP contribution in [0.15, 0.2) is 40.1 Å². The Morgan fingerprint density at radius 2 is 1.57 bits per heavy atom. The van der Waals surface area contributed by atoms with Gasteiger partial charge in [-0.05, 0) is 42.2 Å². The van der Waals surface area contributed by atoms with Crippen LogP contribution in [0.4, 0.5) is 17.6 Å². The van der Waals surface area contributed by atoms with Gasteiger partial charge in [0, 0.05) is 5.39 Å². The molecule has 1 aliphatic heterocycles. The van der Waals surface area contributed by atoms with E-state index in [0.29, 0.717) is 23.6 Å². The number of imide groups is 1. The highest BCUT2D eigenvalue weighted by Crippen LogP contribution is 2.36. The lowest BCUT2D eigenvalue weighted by Crippen LogP contribution is -2.42. The average molecular weight is 528 g/mol. The van der Waals surface area contributed by atoms with Crippen LogP contribution >= 0.6 is 11.8 Å². The summed E-state index contributed by atoms with van der Waals surface area (Å²) in [6.45, 7) is 1.98. The topological polar surface area (TPSA) is 80.8 Å². The number of hydrogen-bond acceptors (Lipinski definition) is 6. The fraction of sp³-hybridized carbons (Fsp3) is 0.217. The predicted octanol–water partition coefficient (Wildman–Crippen LogP) is 5.38. The van der Waals surface area contributed by atoms with Crippen molar-refractivity contribution < 1.29 is 39.9 Å². The molecule has 184 valence electrons. The van der Waals surface area contributed by atoms with Gasteiger partial charge in [0.25, 0.3) is 11.8 Å². The Balaban J connectivity index is 1.82. The Labute approximate surface area is 201 Å². The summed E-state index contributed by atoms with van der Waals surface area (Å²) in [5.74, 6) is -10.8. The molecule has 0 spiro atoms. The summed E-state index contributed by atoms with van der Waals surface area (Å²) < 4.78 is 87.3. The van der Waals surface area contributed by atoms with E-state index in [1.165, 1.54) is 18.2 Å². The first-order chi connectivity index (χ1) is 16.5. The summed E-state index contributed by atoms with van der Waals surface area (Å²) in [6.07, 6.45) is 3.39. The third kappa shape index (κ3) is 4.09. The fourth-order valence-electron chi connectivity index (χ4n) is 3.87. The van der Waals surface area contributed by atoms with E-state index >= 15 is 0 Å². The third-order valence-corrected chi connectivity index (χ3v) is 7.47. The number of unbranched alkanes of at least 4 members (excludes halogenated alkanes) is 1. The molecule has 2 amide bonds. The number of thioether (sulfide) groups is 1. The van der Waals surface area contributed by atoms with Crippen LogP contribution in [-0.2, 0) is 20.8 Å². The van der Waals surface area contributed by atoms with Crippen LogP contribution in [0.3, 0.4) is 0 Å². The highest BCUT2D eigenvalue weighted by molar-refractivity contribution is 7.98. The monoisotopic (exact) mass is 527 g/mol. The molecule has 0 saturated carbocycles. The van der Waals surface area contributed by atoms with Gasteiger partial charge in [-0.2, -0.15) is 8.42 Å². The van der Waals surface area contributed by atoms with Crippen molar-refractivity contribution in [2.75, 3.05) is 6.26 Å². The smallest absolute Gasteiger partial charge is 0.266 e. The molecule has 4 rings (SSSR count). The van der Waals surface area contributed by atoms with Gasteiger partial charge in [0.15, 0.2) is 28.2 Å². The molecule has 3 aromatic rings. The Morgan fingerprint density at radius 3 is 2.17 bits per heavy atom. The van der Waals surface area contributed by atoms with Gasteiger partial charge >= 0.3 is 10.1 Å². The molecular formula is C23H17F4NO5S2. The van der Waals surface area contributed by atoms with Gasteiger partial charge in [-0.25, -0.2) is 17.6 Å². The largest absolute Gasteiger partial charge is 0.324 e. The van der Waals surface area contributed by atoms with E-state index in [9.17, 15) is 35.6 Å². The van der Waals surface area contributed by atoms with Crippen LogP contribution in [0.1, 0.15) is 46.0 Å². The van der Waals surface area contributed by atoms with Crippen LogP contribution in [0, 0.1) is 23.3 Å². The zero-order chi connectivity index (χ0) is 25.7. The molecule has 0 saturated heterocycles. The van der Waals surface area contributed by atoms with E-state index < -0.39 is 55.0 Å². The summed E-state index contributed by atoms with van der Waals surface area (Å²) in [5.41, 5.74) is 0.589. The van der Waals surface area contributed by atoms with Crippen molar-refractivity contribution in [1.29, 1.82) is 0 Å². The van der Waals surface area contributed by atoms with Gasteiger partial charge in [0.2, 0.25) is 0 Å². The van der Waals surface area contributed by atoms with Crippen LogP contribution in [0.5, 0.6) is 0 Å². The molecule has 0 aliphatic carbocycles. The van der Waals surface area contributed by atoms with Gasteiger partial charge in [-0.3, -0.25) is 9.59 Å². The van der Waals surface area contributed by atoms with Crippen LogP contribution in [-0.4, -0.2) is 31.6 Å². The first kappa shape index (κ1) is 25.1. The van der Waals surface area contributed by atoms with E-state index in [1.807, 2.05) is 6.92 Å². The van der Waals surface area contributed by atoms with Gasteiger partial charge in [0.1, 0.15) is 0 Å². The molecule has 0 unspecified atom stereocenters. The molecule has 1 aliphatic rings. The zero-order valence-corrected chi connectivity index (χ0v) is 20.0. The van der Waals surface area contributed by atoms with Crippen molar-refractivity contribution in [2.45, 2.75) is 36.0 Å². The lowest BCUT2D eigenvalue weighted by Gasteiger charge is -2.26. The Kier molecular flexibility index (Phi) is 6.64. The molecule has 6 nitrogen and oxygen atoms in total. The first-order valence-corrected chi connectivity index (χ1v) is 13.0. The summed E-state index contributed by atoms with van der Waals surface area (Å²) in [4.78, 5) is 22.9. The van der Waals surface area contributed by atoms with Crippen molar-refractivity contribution in [3.8, 4) is 0 Å². The minimum atomic E-state index is -5.71. The third-order valence-electron chi connectivity index (χ3n) is 5.49. The SMILES string of the molecule is CCCCc1cc2c3c(cccc3c1)C(=O)N(OS(=O)(=O)c1c(F)c(F)c(SC)c(F)c1F)C2=O. The van der Waals surface area contributed by atoms with E-state index in [1.54, 1.807) is 12.1 Å².